The summed E-state index contributed by atoms with van der Waals surface area (Å²) in [6.45, 7) is 0. The number of para-hydroxylation sites is 2. The van der Waals surface area contributed by atoms with E-state index in [-0.39, 0.29) is 17.7 Å². The molecule has 1 aliphatic rings. The van der Waals surface area contributed by atoms with Gasteiger partial charge in [0.05, 0.1) is 28.0 Å². The van der Waals surface area contributed by atoms with E-state index < -0.39 is 0 Å². The molecule has 4 rings (SSSR count). The summed E-state index contributed by atoms with van der Waals surface area (Å²) in [5.74, 6) is -0.250. The average Bonchev–Trinajstić information content (AvgIpc) is 3.06. The Labute approximate surface area is 130 Å². The Hall–Kier alpha value is -2.60. The fourth-order valence-corrected chi connectivity index (χ4v) is 3.31. The minimum Gasteiger partial charge on any atom is -0.333 e. The van der Waals surface area contributed by atoms with Crippen molar-refractivity contribution >= 4 is 34.6 Å². The van der Waals surface area contributed by atoms with Crippen LogP contribution in [0.15, 0.2) is 53.7 Å². The van der Waals surface area contributed by atoms with E-state index in [4.69, 9.17) is 0 Å². The molecule has 2 heterocycles. The van der Waals surface area contributed by atoms with Crippen LogP contribution in [0.5, 0.6) is 0 Å². The summed E-state index contributed by atoms with van der Waals surface area (Å²) in [7, 11) is 0. The van der Waals surface area contributed by atoms with Crippen LogP contribution in [0, 0.1) is 0 Å². The first kappa shape index (κ1) is 13.1. The normalized spacial score (nSPS) is 13.9. The Morgan fingerprint density at radius 3 is 2.27 bits per heavy atom. The lowest BCUT2D eigenvalue weighted by Crippen LogP contribution is -2.29. The Morgan fingerprint density at radius 2 is 1.59 bits per heavy atom. The Bertz CT molecular complexity index is 835. The number of nitrogens with zero attached hydrogens (tertiary/aromatic N) is 2. The maximum atomic E-state index is 12.3. The van der Waals surface area contributed by atoms with Gasteiger partial charge < -0.3 is 4.98 Å². The first-order chi connectivity index (χ1) is 10.7. The number of aromatic amines is 1. The van der Waals surface area contributed by atoms with Crippen LogP contribution in [0.1, 0.15) is 20.7 Å². The fraction of sp³-hybridized carbons (Fsp3) is 0.0625. The van der Waals surface area contributed by atoms with Crippen LogP contribution in [0.2, 0.25) is 0 Å². The highest BCUT2D eigenvalue weighted by Gasteiger charge is 2.35. The highest BCUT2D eigenvalue weighted by Crippen LogP contribution is 2.26. The number of rotatable bonds is 3. The van der Waals surface area contributed by atoms with Crippen LogP contribution in [-0.4, -0.2) is 32.6 Å². The number of aromatic nitrogens is 2. The van der Waals surface area contributed by atoms with Gasteiger partial charge in [0, 0.05) is 0 Å². The lowest BCUT2D eigenvalue weighted by molar-refractivity contribution is 0.0684. The molecule has 0 bridgehead atoms. The highest BCUT2D eigenvalue weighted by molar-refractivity contribution is 7.99. The number of fused-ring (bicyclic) bond motifs is 2. The zero-order valence-electron chi connectivity index (χ0n) is 11.4. The van der Waals surface area contributed by atoms with Crippen molar-refractivity contribution in [2.24, 2.45) is 0 Å². The van der Waals surface area contributed by atoms with Gasteiger partial charge in [-0.2, -0.15) is 0 Å². The first-order valence-electron chi connectivity index (χ1n) is 6.77. The number of H-pyrrole nitrogens is 1. The van der Waals surface area contributed by atoms with E-state index in [2.05, 4.69) is 9.97 Å². The quantitative estimate of drug-likeness (QED) is 0.597. The minimum absolute atomic E-state index is 0.242. The molecular weight excluding hydrogens is 298 g/mol. The van der Waals surface area contributed by atoms with Crippen LogP contribution in [0.3, 0.4) is 0 Å². The molecule has 1 N–H and O–H groups in total. The molecule has 5 nitrogen and oxygen atoms in total. The SMILES string of the molecule is O=C1c2ccccc2C(=O)N1CSc1nc2ccccc2[nH]1. The van der Waals surface area contributed by atoms with E-state index in [0.717, 1.165) is 11.0 Å². The number of imide groups is 1. The van der Waals surface area contributed by atoms with Gasteiger partial charge in [0.25, 0.3) is 11.8 Å². The summed E-state index contributed by atoms with van der Waals surface area (Å²) < 4.78 is 0. The zero-order valence-corrected chi connectivity index (χ0v) is 12.3. The molecule has 1 aromatic heterocycles. The molecule has 0 spiro atoms. The molecule has 22 heavy (non-hydrogen) atoms. The van der Waals surface area contributed by atoms with Gasteiger partial charge in [0.15, 0.2) is 5.16 Å². The summed E-state index contributed by atoms with van der Waals surface area (Å²) in [5, 5.41) is 0.692. The third-order valence-electron chi connectivity index (χ3n) is 3.58. The second-order valence-corrected chi connectivity index (χ2v) is 5.85. The van der Waals surface area contributed by atoms with E-state index >= 15 is 0 Å². The lowest BCUT2D eigenvalue weighted by Gasteiger charge is -2.11. The maximum absolute atomic E-state index is 12.3. The van der Waals surface area contributed by atoms with Gasteiger partial charge in [-0.05, 0) is 24.3 Å². The number of hydrogen-bond donors (Lipinski definition) is 1. The Balaban J connectivity index is 1.55. The third kappa shape index (κ3) is 2.00. The van der Waals surface area contributed by atoms with Gasteiger partial charge in [-0.1, -0.05) is 36.0 Å². The number of imidazole rings is 1. The van der Waals surface area contributed by atoms with Crippen molar-refractivity contribution in [3.05, 3.63) is 59.7 Å². The molecule has 0 fully saturated rings. The molecule has 1 aliphatic heterocycles. The number of carbonyl (C=O) groups is 2. The van der Waals surface area contributed by atoms with Crippen molar-refractivity contribution in [3.8, 4) is 0 Å². The number of nitrogens with one attached hydrogen (secondary N) is 1. The van der Waals surface area contributed by atoms with Crippen molar-refractivity contribution in [2.45, 2.75) is 5.16 Å². The molecule has 0 radical (unpaired) electrons. The molecule has 0 aliphatic carbocycles. The van der Waals surface area contributed by atoms with E-state index in [1.807, 2.05) is 24.3 Å². The van der Waals surface area contributed by atoms with Crippen molar-refractivity contribution < 1.29 is 9.59 Å². The predicted octanol–water partition coefficient (Wildman–Crippen LogP) is 2.91. The molecule has 0 atom stereocenters. The predicted molar refractivity (Wildman–Crippen MR) is 83.8 cm³/mol. The zero-order chi connectivity index (χ0) is 15.1. The van der Waals surface area contributed by atoms with Gasteiger partial charge in [0.2, 0.25) is 0 Å². The molecule has 6 heteroatoms. The fourth-order valence-electron chi connectivity index (χ4n) is 2.48. The summed E-state index contributed by atoms with van der Waals surface area (Å²) >= 11 is 1.34. The number of hydrogen-bond acceptors (Lipinski definition) is 4. The molecule has 0 unspecified atom stereocenters. The van der Waals surface area contributed by atoms with Gasteiger partial charge in [-0.15, -0.1) is 0 Å². The van der Waals surface area contributed by atoms with Crippen molar-refractivity contribution in [1.82, 2.24) is 14.9 Å². The minimum atomic E-state index is -0.246. The van der Waals surface area contributed by atoms with Crippen LogP contribution in [0.4, 0.5) is 0 Å². The monoisotopic (exact) mass is 309 g/mol. The summed E-state index contributed by atoms with van der Waals surface area (Å²) in [6, 6.07) is 14.6. The van der Waals surface area contributed by atoms with E-state index in [1.54, 1.807) is 24.3 Å². The standard InChI is InChI=1S/C16H11N3O2S/c20-14-10-5-1-2-6-11(10)15(21)19(14)9-22-16-17-12-7-3-4-8-13(12)18-16/h1-8H,9H2,(H,17,18). The second kappa shape index (κ2) is 4.99. The molecule has 2 amide bonds. The molecule has 0 saturated carbocycles. The summed E-state index contributed by atoms with van der Waals surface area (Å²) in [6.07, 6.45) is 0. The summed E-state index contributed by atoms with van der Waals surface area (Å²) in [4.78, 5) is 33.4. The molecule has 108 valence electrons. The summed E-state index contributed by atoms with van der Waals surface area (Å²) in [5.41, 5.74) is 2.75. The molecule has 2 aromatic carbocycles. The van der Waals surface area contributed by atoms with E-state index in [0.29, 0.717) is 16.3 Å². The van der Waals surface area contributed by atoms with E-state index in [1.165, 1.54) is 16.7 Å². The largest absolute Gasteiger partial charge is 0.333 e. The topological polar surface area (TPSA) is 66.1 Å². The number of amides is 2. The van der Waals surface area contributed by atoms with Gasteiger partial charge in [-0.3, -0.25) is 14.5 Å². The third-order valence-corrected chi connectivity index (χ3v) is 4.43. The Kier molecular flexibility index (Phi) is 2.97. The smallest absolute Gasteiger partial charge is 0.262 e. The van der Waals surface area contributed by atoms with Crippen molar-refractivity contribution in [3.63, 3.8) is 0 Å². The average molecular weight is 309 g/mol. The highest BCUT2D eigenvalue weighted by atomic mass is 32.2. The molecule has 3 aromatic rings. The lowest BCUT2D eigenvalue weighted by atomic mass is 10.1. The van der Waals surface area contributed by atoms with Crippen LogP contribution in [-0.2, 0) is 0 Å². The van der Waals surface area contributed by atoms with Gasteiger partial charge in [-0.25, -0.2) is 4.98 Å². The number of carbonyl (C=O) groups excluding carboxylic acids is 2. The van der Waals surface area contributed by atoms with Crippen LogP contribution in [0.25, 0.3) is 11.0 Å². The molecule has 0 saturated heterocycles. The van der Waals surface area contributed by atoms with E-state index in [9.17, 15) is 9.59 Å². The van der Waals surface area contributed by atoms with Crippen LogP contribution < -0.4 is 0 Å². The molecular formula is C16H11N3O2S. The second-order valence-electron chi connectivity index (χ2n) is 4.92. The van der Waals surface area contributed by atoms with Crippen molar-refractivity contribution in [1.29, 1.82) is 0 Å². The van der Waals surface area contributed by atoms with Crippen LogP contribution >= 0.6 is 11.8 Å². The number of thioether (sulfide) groups is 1. The maximum Gasteiger partial charge on any atom is 0.262 e. The van der Waals surface area contributed by atoms with Crippen molar-refractivity contribution in [2.75, 3.05) is 5.88 Å². The van der Waals surface area contributed by atoms with Gasteiger partial charge in [0.1, 0.15) is 0 Å². The number of benzene rings is 2. The first-order valence-corrected chi connectivity index (χ1v) is 7.75. The van der Waals surface area contributed by atoms with Gasteiger partial charge >= 0.3 is 0 Å². The Morgan fingerprint density at radius 1 is 0.955 bits per heavy atom.